The number of benzene rings is 3. The molecule has 25 heavy (non-hydrogen) atoms. The molecule has 0 aromatic heterocycles. The van der Waals surface area contributed by atoms with Gasteiger partial charge in [-0.05, 0) is 23.3 Å². The number of aromatic carboxylic acids is 1. The molecule has 0 saturated heterocycles. The summed E-state index contributed by atoms with van der Waals surface area (Å²) >= 11 is 0. The van der Waals surface area contributed by atoms with Crippen LogP contribution in [-0.4, -0.2) is 22.0 Å². The van der Waals surface area contributed by atoms with Gasteiger partial charge in [-0.25, -0.2) is 4.79 Å². The van der Waals surface area contributed by atoms with E-state index in [1.54, 1.807) is 0 Å². The zero-order valence-electron chi connectivity index (χ0n) is 13.3. The molecule has 0 heterocycles. The summed E-state index contributed by atoms with van der Waals surface area (Å²) in [6.07, 6.45) is 0. The highest BCUT2D eigenvalue weighted by atomic mass is 16.4. The molecule has 0 fully saturated rings. The van der Waals surface area contributed by atoms with Crippen LogP contribution in [0.5, 0.6) is 5.75 Å². The Hall–Kier alpha value is -3.40. The van der Waals surface area contributed by atoms with E-state index >= 15 is 0 Å². The summed E-state index contributed by atoms with van der Waals surface area (Å²) in [6, 6.07) is 22.6. The predicted molar refractivity (Wildman–Crippen MR) is 94.1 cm³/mol. The van der Waals surface area contributed by atoms with Crippen LogP contribution in [0.2, 0.25) is 0 Å². The molecule has 0 aliphatic heterocycles. The predicted octanol–water partition coefficient (Wildman–Crippen LogP) is 4.11. The fraction of sp³-hybridized carbons (Fsp3) is 0.0476. The first-order valence-corrected chi connectivity index (χ1v) is 7.79. The van der Waals surface area contributed by atoms with Gasteiger partial charge in [-0.2, -0.15) is 0 Å². The quantitative estimate of drug-likeness (QED) is 0.690. The van der Waals surface area contributed by atoms with Crippen LogP contribution in [0.15, 0.2) is 78.9 Å². The molecule has 3 aromatic rings. The number of ketones is 1. The molecular weight excluding hydrogens is 316 g/mol. The minimum absolute atomic E-state index is 0.00222. The van der Waals surface area contributed by atoms with Crippen LogP contribution < -0.4 is 0 Å². The molecule has 0 unspecified atom stereocenters. The molecule has 0 amide bonds. The van der Waals surface area contributed by atoms with Gasteiger partial charge in [0, 0.05) is 0 Å². The Morgan fingerprint density at radius 3 is 1.64 bits per heavy atom. The summed E-state index contributed by atoms with van der Waals surface area (Å²) < 4.78 is 0. The summed E-state index contributed by atoms with van der Waals surface area (Å²) in [4.78, 5) is 24.4. The molecule has 0 aliphatic carbocycles. The van der Waals surface area contributed by atoms with Crippen LogP contribution in [0.25, 0.3) is 0 Å². The van der Waals surface area contributed by atoms with E-state index in [2.05, 4.69) is 0 Å². The summed E-state index contributed by atoms with van der Waals surface area (Å²) in [6.45, 7) is 0. The van der Waals surface area contributed by atoms with E-state index in [0.29, 0.717) is 0 Å². The van der Waals surface area contributed by atoms with Crippen molar-refractivity contribution in [2.75, 3.05) is 0 Å². The molecule has 4 nitrogen and oxygen atoms in total. The fourth-order valence-electron chi connectivity index (χ4n) is 2.86. The van der Waals surface area contributed by atoms with Gasteiger partial charge in [0.25, 0.3) is 0 Å². The summed E-state index contributed by atoms with van der Waals surface area (Å²) in [5.74, 6) is -2.75. The highest BCUT2D eigenvalue weighted by Crippen LogP contribution is 2.32. The zero-order valence-corrected chi connectivity index (χ0v) is 13.3. The Morgan fingerprint density at radius 1 is 0.680 bits per heavy atom. The summed E-state index contributed by atoms with van der Waals surface area (Å²) in [5, 5.41) is 19.4. The molecule has 0 radical (unpaired) electrons. The third-order valence-electron chi connectivity index (χ3n) is 4.06. The van der Waals surface area contributed by atoms with Crippen LogP contribution in [0.4, 0.5) is 0 Å². The van der Waals surface area contributed by atoms with Gasteiger partial charge in [0.05, 0.1) is 11.5 Å². The maximum atomic E-state index is 13.2. The van der Waals surface area contributed by atoms with Gasteiger partial charge >= 0.3 is 5.97 Å². The highest BCUT2D eigenvalue weighted by Gasteiger charge is 2.27. The number of carboxylic acid groups (broad SMARTS) is 1. The van der Waals surface area contributed by atoms with Crippen molar-refractivity contribution < 1.29 is 19.8 Å². The number of phenols is 1. The minimum Gasteiger partial charge on any atom is -0.506 e. The molecule has 3 rings (SSSR count). The topological polar surface area (TPSA) is 74.6 Å². The van der Waals surface area contributed by atoms with Crippen LogP contribution in [0.3, 0.4) is 0 Å². The number of rotatable bonds is 5. The van der Waals surface area contributed by atoms with Crippen LogP contribution in [0, 0.1) is 0 Å². The van der Waals surface area contributed by atoms with E-state index < -0.39 is 17.6 Å². The molecular formula is C21H16O4. The van der Waals surface area contributed by atoms with Gasteiger partial charge in [-0.1, -0.05) is 66.7 Å². The molecule has 124 valence electrons. The third-order valence-corrected chi connectivity index (χ3v) is 4.06. The van der Waals surface area contributed by atoms with Gasteiger partial charge in [-0.3, -0.25) is 4.79 Å². The van der Waals surface area contributed by atoms with E-state index in [-0.39, 0.29) is 16.9 Å². The fourth-order valence-corrected chi connectivity index (χ4v) is 2.86. The van der Waals surface area contributed by atoms with Crippen molar-refractivity contribution in [1.82, 2.24) is 0 Å². The van der Waals surface area contributed by atoms with Gasteiger partial charge in [0.15, 0.2) is 5.78 Å². The maximum Gasteiger partial charge on any atom is 0.339 e. The molecule has 4 heteroatoms. The number of carbonyl (C=O) groups is 2. The lowest BCUT2D eigenvalue weighted by Gasteiger charge is -2.18. The number of carboxylic acids is 1. The smallest absolute Gasteiger partial charge is 0.339 e. The summed E-state index contributed by atoms with van der Waals surface area (Å²) in [7, 11) is 0. The maximum absolute atomic E-state index is 13.2. The number of aromatic hydroxyl groups is 1. The monoisotopic (exact) mass is 332 g/mol. The van der Waals surface area contributed by atoms with Crippen molar-refractivity contribution in [2.24, 2.45) is 0 Å². The Bertz CT molecular complexity index is 862. The molecule has 3 aromatic carbocycles. The molecule has 0 aliphatic rings. The lowest BCUT2D eigenvalue weighted by Crippen LogP contribution is -2.15. The second-order valence-corrected chi connectivity index (χ2v) is 5.63. The minimum atomic E-state index is -1.27. The Labute approximate surface area is 145 Å². The van der Waals surface area contributed by atoms with Crippen molar-refractivity contribution in [3.63, 3.8) is 0 Å². The largest absolute Gasteiger partial charge is 0.506 e. The van der Waals surface area contributed by atoms with Gasteiger partial charge in [-0.15, -0.1) is 0 Å². The van der Waals surface area contributed by atoms with Crippen molar-refractivity contribution in [2.45, 2.75) is 5.92 Å². The van der Waals surface area contributed by atoms with Crippen molar-refractivity contribution in [3.05, 3.63) is 101 Å². The van der Waals surface area contributed by atoms with E-state index in [9.17, 15) is 19.8 Å². The van der Waals surface area contributed by atoms with Crippen LogP contribution >= 0.6 is 0 Å². The van der Waals surface area contributed by atoms with Crippen molar-refractivity contribution in [1.29, 1.82) is 0 Å². The van der Waals surface area contributed by atoms with E-state index in [4.69, 9.17) is 0 Å². The molecule has 0 bridgehead atoms. The molecule has 0 spiro atoms. The average molecular weight is 332 g/mol. The second kappa shape index (κ2) is 7.01. The van der Waals surface area contributed by atoms with E-state index in [1.807, 2.05) is 60.7 Å². The van der Waals surface area contributed by atoms with Crippen LogP contribution in [0.1, 0.15) is 37.8 Å². The van der Waals surface area contributed by atoms with Gasteiger partial charge < -0.3 is 10.2 Å². The normalized spacial score (nSPS) is 10.6. The standard InChI is InChI=1S/C21H16O4/c22-19-16(12-7-13-17(19)21(24)25)20(23)18(14-8-3-1-4-9-14)15-10-5-2-6-11-15/h1-13,18,22H,(H,24,25). The number of hydrogen-bond acceptors (Lipinski definition) is 3. The Balaban J connectivity index is 2.13. The highest BCUT2D eigenvalue weighted by molar-refractivity contribution is 6.07. The first kappa shape index (κ1) is 16.5. The number of carbonyl (C=O) groups excluding carboxylic acids is 1. The number of para-hydroxylation sites is 1. The molecule has 0 saturated carbocycles. The molecule has 2 N–H and O–H groups in total. The Kier molecular flexibility index (Phi) is 4.61. The lowest BCUT2D eigenvalue weighted by molar-refractivity contribution is 0.0693. The average Bonchev–Trinajstić information content (AvgIpc) is 2.63. The van der Waals surface area contributed by atoms with Crippen LogP contribution in [-0.2, 0) is 0 Å². The lowest BCUT2D eigenvalue weighted by atomic mass is 9.84. The number of hydrogen-bond donors (Lipinski definition) is 2. The first-order chi connectivity index (χ1) is 12.1. The van der Waals surface area contributed by atoms with Crippen molar-refractivity contribution >= 4 is 11.8 Å². The van der Waals surface area contributed by atoms with E-state index in [0.717, 1.165) is 11.1 Å². The SMILES string of the molecule is O=C(O)c1cccc(C(=O)C(c2ccccc2)c2ccccc2)c1O. The second-order valence-electron chi connectivity index (χ2n) is 5.63. The van der Waals surface area contributed by atoms with Gasteiger partial charge in [0.2, 0.25) is 0 Å². The zero-order chi connectivity index (χ0) is 17.8. The van der Waals surface area contributed by atoms with Gasteiger partial charge in [0.1, 0.15) is 11.3 Å². The number of Topliss-reactive ketones (excluding diaryl/α,β-unsaturated/α-hetero) is 1. The third kappa shape index (κ3) is 3.28. The molecule has 0 atom stereocenters. The Morgan fingerprint density at radius 2 is 1.16 bits per heavy atom. The van der Waals surface area contributed by atoms with E-state index in [1.165, 1.54) is 18.2 Å². The summed E-state index contributed by atoms with van der Waals surface area (Å²) in [5.41, 5.74) is 1.26. The first-order valence-electron chi connectivity index (χ1n) is 7.79. The van der Waals surface area contributed by atoms with Crippen molar-refractivity contribution in [3.8, 4) is 5.75 Å².